The molecule has 2 heterocycles. The second kappa shape index (κ2) is 11.4. The number of hydrogen-bond acceptors (Lipinski definition) is 3. The first kappa shape index (κ1) is 25.1. The maximum Gasteiger partial charge on any atom is 0.191 e. The van der Waals surface area contributed by atoms with E-state index in [9.17, 15) is 4.39 Å². The van der Waals surface area contributed by atoms with Crippen LogP contribution in [0.1, 0.15) is 31.9 Å². The Bertz CT molecular complexity index is 990. The van der Waals surface area contributed by atoms with Gasteiger partial charge in [-0.1, -0.05) is 37.6 Å². The average molecular weight is 557 g/mol. The van der Waals surface area contributed by atoms with Crippen molar-refractivity contribution in [2.24, 2.45) is 4.99 Å². The predicted octanol–water partition coefficient (Wildman–Crippen LogP) is 4.71. The zero-order valence-electron chi connectivity index (χ0n) is 17.8. The number of rotatable bonds is 7. The molecular weight excluding hydrogens is 530 g/mol. The Morgan fingerprint density at radius 2 is 2.03 bits per heavy atom. The molecule has 0 aliphatic rings. The maximum atomic E-state index is 13.4. The summed E-state index contributed by atoms with van der Waals surface area (Å²) in [5.41, 5.74) is 1.57. The SMILES string of the molecule is CCNC(=NCc1ccc(-n2ccnc2)nc1)NCC(C)(C)c1ccc(F)cc1Cl.I. The summed E-state index contributed by atoms with van der Waals surface area (Å²) >= 11 is 6.26. The van der Waals surface area contributed by atoms with Crippen LogP contribution in [0.3, 0.4) is 0 Å². The van der Waals surface area contributed by atoms with Crippen LogP contribution in [0.5, 0.6) is 0 Å². The molecule has 6 nitrogen and oxygen atoms in total. The smallest absolute Gasteiger partial charge is 0.191 e. The number of nitrogens with one attached hydrogen (secondary N) is 2. The van der Waals surface area contributed by atoms with E-state index in [2.05, 4.69) is 39.4 Å². The fourth-order valence-electron chi connectivity index (χ4n) is 3.01. The van der Waals surface area contributed by atoms with Gasteiger partial charge in [-0.15, -0.1) is 24.0 Å². The highest BCUT2D eigenvalue weighted by molar-refractivity contribution is 14.0. The number of halogens is 3. The van der Waals surface area contributed by atoms with E-state index in [-0.39, 0.29) is 35.2 Å². The molecule has 1 aromatic carbocycles. The first-order chi connectivity index (χ1) is 14.4. The standard InChI is InChI=1S/C22H26ClFN6.HI/c1-4-26-21(29-14-22(2,3)18-7-6-17(24)11-19(18)23)28-13-16-5-8-20(27-12-16)30-10-9-25-15-30;/h5-12,15H,4,13-14H2,1-3H3,(H2,26,28,29);1H. The minimum atomic E-state index is -0.338. The van der Waals surface area contributed by atoms with Crippen LogP contribution in [0, 0.1) is 5.82 Å². The quantitative estimate of drug-likeness (QED) is 0.251. The van der Waals surface area contributed by atoms with Gasteiger partial charge in [0.1, 0.15) is 18.0 Å². The third kappa shape index (κ3) is 6.90. The van der Waals surface area contributed by atoms with Crippen LogP contribution in [0.15, 0.2) is 60.2 Å². The van der Waals surface area contributed by atoms with E-state index in [4.69, 9.17) is 11.6 Å². The summed E-state index contributed by atoms with van der Waals surface area (Å²) in [4.78, 5) is 13.1. The highest BCUT2D eigenvalue weighted by Gasteiger charge is 2.24. The second-order valence-corrected chi connectivity index (χ2v) is 7.96. The van der Waals surface area contributed by atoms with Crippen molar-refractivity contribution in [3.8, 4) is 5.82 Å². The summed E-state index contributed by atoms with van der Waals surface area (Å²) in [5.74, 6) is 1.17. The number of nitrogens with zero attached hydrogens (tertiary/aromatic N) is 4. The van der Waals surface area contributed by atoms with E-state index in [1.807, 2.05) is 36.0 Å². The Hall–Kier alpha value is -2.20. The average Bonchev–Trinajstić information content (AvgIpc) is 3.25. The van der Waals surface area contributed by atoms with Gasteiger partial charge in [0.15, 0.2) is 5.96 Å². The van der Waals surface area contributed by atoms with Crippen molar-refractivity contribution in [3.05, 3.63) is 77.2 Å². The molecule has 3 rings (SSSR count). The lowest BCUT2D eigenvalue weighted by Crippen LogP contribution is -2.43. The van der Waals surface area contributed by atoms with Gasteiger partial charge in [0.25, 0.3) is 0 Å². The molecule has 31 heavy (non-hydrogen) atoms. The molecule has 0 radical (unpaired) electrons. The number of benzene rings is 1. The summed E-state index contributed by atoms with van der Waals surface area (Å²) < 4.78 is 15.2. The maximum absolute atomic E-state index is 13.4. The Labute approximate surface area is 204 Å². The number of hydrogen-bond donors (Lipinski definition) is 2. The molecule has 166 valence electrons. The predicted molar refractivity (Wildman–Crippen MR) is 134 cm³/mol. The van der Waals surface area contributed by atoms with E-state index < -0.39 is 0 Å². The van der Waals surface area contributed by atoms with Crippen molar-refractivity contribution in [1.29, 1.82) is 0 Å². The molecule has 0 spiro atoms. The first-order valence-corrected chi connectivity index (χ1v) is 10.2. The van der Waals surface area contributed by atoms with Gasteiger partial charge < -0.3 is 10.6 Å². The number of aliphatic imine (C=N–C) groups is 1. The van der Waals surface area contributed by atoms with Gasteiger partial charge in [0.05, 0.1) is 6.54 Å². The summed E-state index contributed by atoms with van der Waals surface area (Å²) in [5, 5.41) is 7.03. The molecular formula is C22H27ClFIN6. The Balaban J connectivity index is 0.00000341. The van der Waals surface area contributed by atoms with Crippen molar-refractivity contribution in [1.82, 2.24) is 25.2 Å². The number of imidazole rings is 1. The number of aromatic nitrogens is 3. The molecule has 2 aromatic heterocycles. The van der Waals surface area contributed by atoms with Crippen molar-refractivity contribution in [3.63, 3.8) is 0 Å². The van der Waals surface area contributed by atoms with Crippen molar-refractivity contribution in [2.75, 3.05) is 13.1 Å². The molecule has 2 N–H and O–H groups in total. The third-order valence-corrected chi connectivity index (χ3v) is 5.01. The molecule has 0 amide bonds. The van der Waals surface area contributed by atoms with Crippen LogP contribution < -0.4 is 10.6 Å². The molecule has 0 aliphatic heterocycles. The summed E-state index contributed by atoms with van der Waals surface area (Å²) in [7, 11) is 0. The molecule has 0 atom stereocenters. The van der Waals surface area contributed by atoms with Crippen LogP contribution >= 0.6 is 35.6 Å². The molecule has 0 saturated carbocycles. The van der Waals surface area contributed by atoms with E-state index in [0.717, 1.165) is 23.5 Å². The van der Waals surface area contributed by atoms with E-state index in [1.54, 1.807) is 18.6 Å². The van der Waals surface area contributed by atoms with Gasteiger partial charge in [-0.2, -0.15) is 0 Å². The summed E-state index contributed by atoms with van der Waals surface area (Å²) in [6, 6.07) is 8.45. The highest BCUT2D eigenvalue weighted by atomic mass is 127. The van der Waals surface area contributed by atoms with Crippen LogP contribution in [0.2, 0.25) is 5.02 Å². The number of pyridine rings is 1. The third-order valence-electron chi connectivity index (χ3n) is 4.70. The summed E-state index contributed by atoms with van der Waals surface area (Å²) in [6.07, 6.45) is 7.09. The first-order valence-electron chi connectivity index (χ1n) is 9.80. The van der Waals surface area contributed by atoms with Crippen LogP contribution in [-0.2, 0) is 12.0 Å². The van der Waals surface area contributed by atoms with Crippen LogP contribution in [0.25, 0.3) is 5.82 Å². The van der Waals surface area contributed by atoms with E-state index >= 15 is 0 Å². The molecule has 3 aromatic rings. The van der Waals surface area contributed by atoms with Gasteiger partial charge in [0, 0.05) is 42.1 Å². The van der Waals surface area contributed by atoms with Gasteiger partial charge in [-0.25, -0.2) is 19.4 Å². The largest absolute Gasteiger partial charge is 0.357 e. The van der Waals surface area contributed by atoms with E-state index in [0.29, 0.717) is 24.1 Å². The lowest BCUT2D eigenvalue weighted by Gasteiger charge is -2.27. The molecule has 0 aliphatic carbocycles. The van der Waals surface area contributed by atoms with Gasteiger partial charge in [0.2, 0.25) is 0 Å². The lowest BCUT2D eigenvalue weighted by molar-refractivity contribution is 0.507. The fraction of sp³-hybridized carbons (Fsp3) is 0.318. The molecule has 9 heteroatoms. The molecule has 0 bridgehead atoms. The monoisotopic (exact) mass is 556 g/mol. The van der Waals surface area contributed by atoms with Crippen molar-refractivity contribution in [2.45, 2.75) is 32.7 Å². The zero-order chi connectivity index (χ0) is 21.6. The van der Waals surface area contributed by atoms with Crippen molar-refractivity contribution >= 4 is 41.5 Å². The van der Waals surface area contributed by atoms with Crippen LogP contribution in [0.4, 0.5) is 4.39 Å². The summed E-state index contributed by atoms with van der Waals surface area (Å²) in [6.45, 7) is 7.94. The zero-order valence-corrected chi connectivity index (χ0v) is 20.9. The highest BCUT2D eigenvalue weighted by Crippen LogP contribution is 2.29. The normalized spacial score (nSPS) is 11.7. The molecule has 0 saturated heterocycles. The van der Waals surface area contributed by atoms with E-state index in [1.165, 1.54) is 12.1 Å². The number of guanidine groups is 1. The Morgan fingerprint density at radius 3 is 2.65 bits per heavy atom. The Kier molecular flexibility index (Phi) is 9.24. The minimum Gasteiger partial charge on any atom is -0.357 e. The van der Waals surface area contributed by atoms with Gasteiger partial charge >= 0.3 is 0 Å². The van der Waals surface area contributed by atoms with Gasteiger partial charge in [-0.05, 0) is 36.2 Å². The lowest BCUT2D eigenvalue weighted by atomic mass is 9.84. The van der Waals surface area contributed by atoms with Crippen LogP contribution in [-0.4, -0.2) is 33.6 Å². The topological polar surface area (TPSA) is 67.1 Å². The second-order valence-electron chi connectivity index (χ2n) is 7.55. The van der Waals surface area contributed by atoms with Crippen molar-refractivity contribution < 1.29 is 4.39 Å². The van der Waals surface area contributed by atoms with Gasteiger partial charge in [-0.3, -0.25) is 4.57 Å². The molecule has 0 fully saturated rings. The minimum absolute atomic E-state index is 0. The fourth-order valence-corrected chi connectivity index (χ4v) is 3.43. The molecule has 0 unspecified atom stereocenters. The Morgan fingerprint density at radius 1 is 1.23 bits per heavy atom.